The van der Waals surface area contributed by atoms with Crippen LogP contribution in [-0.4, -0.2) is 5.78 Å². The first-order chi connectivity index (χ1) is 6.06. The van der Waals surface area contributed by atoms with Gasteiger partial charge in [0.1, 0.15) is 6.07 Å². The van der Waals surface area contributed by atoms with E-state index in [1.807, 2.05) is 6.07 Å². The van der Waals surface area contributed by atoms with E-state index < -0.39 is 0 Å². The fourth-order valence-corrected chi connectivity index (χ4v) is 1.19. The highest BCUT2D eigenvalue weighted by Gasteiger charge is 2.09. The first-order valence-corrected chi connectivity index (χ1v) is 3.94. The number of hydrogen-bond donors (Lipinski definition) is 1. The number of anilines is 1. The summed E-state index contributed by atoms with van der Waals surface area (Å²) < 4.78 is 0. The van der Waals surface area contributed by atoms with Crippen LogP contribution in [0.5, 0.6) is 0 Å². The van der Waals surface area contributed by atoms with Crippen LogP contribution in [0.4, 0.5) is 5.69 Å². The van der Waals surface area contributed by atoms with E-state index in [1.54, 1.807) is 0 Å². The van der Waals surface area contributed by atoms with Gasteiger partial charge in [-0.15, -0.1) is 0 Å². The fourth-order valence-electron chi connectivity index (χ4n) is 0.981. The lowest BCUT2D eigenvalue weighted by Gasteiger charge is -2.03. The van der Waals surface area contributed by atoms with Crippen molar-refractivity contribution in [3.05, 3.63) is 28.3 Å². The number of benzene rings is 1. The first kappa shape index (κ1) is 9.56. The lowest BCUT2D eigenvalue weighted by Crippen LogP contribution is -2.00. The van der Waals surface area contributed by atoms with Crippen LogP contribution < -0.4 is 5.73 Å². The van der Waals surface area contributed by atoms with E-state index in [9.17, 15) is 4.79 Å². The van der Waals surface area contributed by atoms with E-state index >= 15 is 0 Å². The molecule has 1 aromatic rings. The van der Waals surface area contributed by atoms with Crippen molar-refractivity contribution in [1.82, 2.24) is 0 Å². The lowest BCUT2D eigenvalue weighted by molar-refractivity contribution is 0.101. The summed E-state index contributed by atoms with van der Waals surface area (Å²) in [6.07, 6.45) is 0. The van der Waals surface area contributed by atoms with Crippen molar-refractivity contribution in [3.8, 4) is 6.07 Å². The molecule has 0 heterocycles. The van der Waals surface area contributed by atoms with E-state index in [2.05, 4.69) is 0 Å². The second-order valence-corrected chi connectivity index (χ2v) is 2.99. The van der Waals surface area contributed by atoms with E-state index in [1.165, 1.54) is 19.1 Å². The van der Waals surface area contributed by atoms with Crippen LogP contribution in [-0.2, 0) is 0 Å². The van der Waals surface area contributed by atoms with Crippen LogP contribution in [0.1, 0.15) is 22.8 Å². The molecule has 13 heavy (non-hydrogen) atoms. The fraction of sp³-hybridized carbons (Fsp3) is 0.111. The Balaban J connectivity index is 3.39. The number of nitriles is 1. The Labute approximate surface area is 80.7 Å². The molecule has 1 aromatic carbocycles. The summed E-state index contributed by atoms with van der Waals surface area (Å²) in [5, 5.41) is 8.85. The van der Waals surface area contributed by atoms with E-state index in [0.29, 0.717) is 5.56 Å². The smallest absolute Gasteiger partial charge is 0.161 e. The van der Waals surface area contributed by atoms with Gasteiger partial charge >= 0.3 is 0 Å². The Hall–Kier alpha value is -1.53. The molecule has 0 aliphatic rings. The summed E-state index contributed by atoms with van der Waals surface area (Å²) in [5.74, 6) is -0.163. The quantitative estimate of drug-likeness (QED) is 0.549. The van der Waals surface area contributed by atoms with Crippen molar-refractivity contribution in [2.24, 2.45) is 0 Å². The number of hydrogen-bond acceptors (Lipinski definition) is 3. The SMILES string of the molecule is CC(=O)c1cc(Cl)c(C#N)cc1N. The minimum atomic E-state index is -0.163. The van der Waals surface area contributed by atoms with Gasteiger partial charge in [0.2, 0.25) is 0 Å². The van der Waals surface area contributed by atoms with E-state index in [0.717, 1.165) is 0 Å². The lowest BCUT2D eigenvalue weighted by atomic mass is 10.1. The highest BCUT2D eigenvalue weighted by Crippen LogP contribution is 2.22. The van der Waals surface area contributed by atoms with Gasteiger partial charge in [0.05, 0.1) is 10.6 Å². The van der Waals surface area contributed by atoms with Crippen LogP contribution >= 0.6 is 11.6 Å². The molecular weight excluding hydrogens is 188 g/mol. The van der Waals surface area contributed by atoms with Gasteiger partial charge in [-0.1, -0.05) is 11.6 Å². The van der Waals surface area contributed by atoms with E-state index in [4.69, 9.17) is 22.6 Å². The average Bonchev–Trinajstić information content (AvgIpc) is 2.07. The number of ketones is 1. The molecule has 0 atom stereocenters. The van der Waals surface area contributed by atoms with Gasteiger partial charge in [-0.25, -0.2) is 0 Å². The third-order valence-corrected chi connectivity index (χ3v) is 1.95. The maximum atomic E-state index is 11.0. The molecule has 0 aromatic heterocycles. The van der Waals surface area contributed by atoms with Crippen molar-refractivity contribution in [1.29, 1.82) is 5.26 Å². The van der Waals surface area contributed by atoms with Crippen LogP contribution in [0.15, 0.2) is 12.1 Å². The van der Waals surface area contributed by atoms with Crippen LogP contribution in [0.2, 0.25) is 5.02 Å². The van der Waals surface area contributed by atoms with E-state index in [-0.39, 0.29) is 22.1 Å². The molecule has 66 valence electrons. The molecule has 0 unspecified atom stereocenters. The monoisotopic (exact) mass is 194 g/mol. The molecule has 2 N–H and O–H groups in total. The Morgan fingerprint density at radius 1 is 1.62 bits per heavy atom. The van der Waals surface area contributed by atoms with Gasteiger partial charge < -0.3 is 5.73 Å². The molecular formula is C9H7ClN2O. The maximum Gasteiger partial charge on any atom is 0.161 e. The van der Waals surface area contributed by atoms with Gasteiger partial charge in [0, 0.05) is 11.3 Å². The Kier molecular flexibility index (Phi) is 2.54. The Bertz CT molecular complexity index is 407. The third-order valence-electron chi connectivity index (χ3n) is 1.64. The number of nitrogens with two attached hydrogens (primary N) is 1. The first-order valence-electron chi connectivity index (χ1n) is 3.56. The van der Waals surface area contributed by atoms with Crippen molar-refractivity contribution < 1.29 is 4.79 Å². The normalized spacial score (nSPS) is 9.31. The van der Waals surface area contributed by atoms with Gasteiger partial charge in [-0.3, -0.25) is 4.79 Å². The highest BCUT2D eigenvalue weighted by molar-refractivity contribution is 6.32. The molecule has 0 saturated carbocycles. The second-order valence-electron chi connectivity index (χ2n) is 2.59. The number of Topliss-reactive ketones (excluding diaryl/α,β-unsaturated/α-hetero) is 1. The van der Waals surface area contributed by atoms with Crippen molar-refractivity contribution in [2.75, 3.05) is 5.73 Å². The summed E-state index contributed by atoms with van der Waals surface area (Å²) in [6.45, 7) is 1.40. The number of carbonyl (C=O) groups excluding carboxylic acids is 1. The second kappa shape index (κ2) is 3.46. The molecule has 0 saturated heterocycles. The van der Waals surface area contributed by atoms with Crippen molar-refractivity contribution in [2.45, 2.75) is 6.92 Å². The zero-order chi connectivity index (χ0) is 10.0. The number of carbonyl (C=O) groups is 1. The third kappa shape index (κ3) is 1.79. The maximum absolute atomic E-state index is 11.0. The molecule has 1 rings (SSSR count). The van der Waals surface area contributed by atoms with Crippen LogP contribution in [0.3, 0.4) is 0 Å². The standard InChI is InChI=1S/C9H7ClN2O/c1-5(13)7-3-8(10)6(4-11)2-9(7)12/h2-3H,12H2,1H3. The van der Waals surface area contributed by atoms with Gasteiger partial charge in [-0.2, -0.15) is 5.26 Å². The van der Waals surface area contributed by atoms with Crippen molar-refractivity contribution in [3.63, 3.8) is 0 Å². The van der Waals surface area contributed by atoms with Gasteiger partial charge in [0.15, 0.2) is 5.78 Å². The van der Waals surface area contributed by atoms with Crippen LogP contribution in [0.25, 0.3) is 0 Å². The molecule has 4 heteroatoms. The van der Waals surface area contributed by atoms with Crippen molar-refractivity contribution >= 4 is 23.1 Å². The largest absolute Gasteiger partial charge is 0.398 e. The molecule has 0 aliphatic carbocycles. The minimum absolute atomic E-state index is 0.163. The molecule has 0 fully saturated rings. The molecule has 0 amide bonds. The predicted octanol–water partition coefficient (Wildman–Crippen LogP) is 2.00. The number of nitrogen functional groups attached to an aromatic ring is 1. The molecule has 0 radical (unpaired) electrons. The summed E-state index contributed by atoms with van der Waals surface area (Å²) in [4.78, 5) is 11.0. The molecule has 3 nitrogen and oxygen atoms in total. The number of nitrogens with zero attached hydrogens (tertiary/aromatic N) is 1. The topological polar surface area (TPSA) is 66.9 Å². The summed E-state index contributed by atoms with van der Waals surface area (Å²) in [7, 11) is 0. The molecule has 0 aliphatic heterocycles. The highest BCUT2D eigenvalue weighted by atomic mass is 35.5. The van der Waals surface area contributed by atoms with Gasteiger partial charge in [-0.05, 0) is 19.1 Å². The summed E-state index contributed by atoms with van der Waals surface area (Å²) in [5.41, 5.74) is 6.45. The summed E-state index contributed by atoms with van der Waals surface area (Å²) in [6, 6.07) is 4.70. The predicted molar refractivity (Wildman–Crippen MR) is 50.6 cm³/mol. The number of rotatable bonds is 1. The zero-order valence-corrected chi connectivity index (χ0v) is 7.72. The number of halogens is 1. The minimum Gasteiger partial charge on any atom is -0.398 e. The average molecular weight is 195 g/mol. The Morgan fingerprint density at radius 2 is 2.23 bits per heavy atom. The zero-order valence-electron chi connectivity index (χ0n) is 6.97. The Morgan fingerprint density at radius 3 is 2.69 bits per heavy atom. The molecule has 0 spiro atoms. The van der Waals surface area contributed by atoms with Gasteiger partial charge in [0.25, 0.3) is 0 Å². The molecule has 0 bridgehead atoms. The van der Waals surface area contributed by atoms with Crippen LogP contribution in [0, 0.1) is 11.3 Å². The summed E-state index contributed by atoms with van der Waals surface area (Å²) >= 11 is 5.72.